The number of rotatable bonds is 21. The lowest BCUT2D eigenvalue weighted by Gasteiger charge is -2.31. The van der Waals surface area contributed by atoms with E-state index in [-0.39, 0.29) is 47.5 Å². The molecule has 2 aromatic rings. The molecule has 0 aromatic heterocycles. The minimum Gasteiger partial charge on any atom is -0.378 e. The van der Waals surface area contributed by atoms with E-state index in [0.717, 1.165) is 70.9 Å². The molecule has 2 atom stereocenters. The number of allylic oxidation sites excluding steroid dienone is 4. The number of hydrogen-bond donors (Lipinski definition) is 4. The van der Waals surface area contributed by atoms with Crippen molar-refractivity contribution < 1.29 is 41.1 Å². The number of fused-ring (bicyclic) bond motifs is 2. The molecule has 70 heavy (non-hydrogen) atoms. The summed E-state index contributed by atoms with van der Waals surface area (Å²) >= 11 is 0. The molecular formula is C54H80N7O8S+. The number of benzene rings is 2. The molecule has 0 spiro atoms. The topological polar surface area (TPSA) is 186 Å². The second kappa shape index (κ2) is 26.7. The van der Waals surface area contributed by atoms with Gasteiger partial charge in [-0.2, -0.15) is 4.58 Å². The van der Waals surface area contributed by atoms with Crippen LogP contribution >= 0.6 is 0 Å². The molecule has 1 aliphatic carbocycles. The van der Waals surface area contributed by atoms with Crippen LogP contribution in [0.5, 0.6) is 0 Å². The SMILES string of the molecule is CCCCNC(=O)[C@H](CCNC(=O)CCCCC[N+]1=C(C=CC=C2N(CC)c3ccc(C)cc3C2(C)C)C(C)(C)c2ccccc21)NC(=O)[C@H](CC1CCCCC1)NC(=O)N1CCOCC1.O=S(=O)=O. The molecule has 4 aliphatic rings. The molecule has 5 amide bonds. The number of amides is 5. The predicted molar refractivity (Wildman–Crippen MR) is 275 cm³/mol. The fourth-order valence-corrected chi connectivity index (χ4v) is 10.5. The van der Waals surface area contributed by atoms with E-state index < -0.39 is 22.7 Å². The van der Waals surface area contributed by atoms with Gasteiger partial charge in [0.1, 0.15) is 18.6 Å². The summed E-state index contributed by atoms with van der Waals surface area (Å²) < 4.78 is 33.2. The number of hydrogen-bond acceptors (Lipinski definition) is 9. The van der Waals surface area contributed by atoms with Crippen molar-refractivity contribution in [2.75, 3.05) is 57.4 Å². The first-order chi connectivity index (χ1) is 33.5. The summed E-state index contributed by atoms with van der Waals surface area (Å²) in [5, 5.41) is 12.0. The van der Waals surface area contributed by atoms with Crippen LogP contribution in [0, 0.1) is 12.8 Å². The summed E-state index contributed by atoms with van der Waals surface area (Å²) in [6, 6.07) is 13.6. The number of nitrogens with one attached hydrogen (secondary N) is 4. The Balaban J connectivity index is 0.00000219. The number of aryl methyl sites for hydroxylation is 1. The molecule has 6 rings (SSSR count). The van der Waals surface area contributed by atoms with Crippen LogP contribution in [0.4, 0.5) is 16.2 Å². The number of urea groups is 1. The standard InChI is InChI=1S/C54H79N7O5.O3S/c1-8-10-30-56-50(63)43(57-51(64)44(38-40-20-13-11-14-21-40)58-52(65)59-33-35-66-36-34-59)29-31-55-49(62)26-15-12-18-32-61-45-23-17-16-22-41(45)53(4,5)48(61)25-19-24-47-54(6,7)42-37-39(3)27-28-46(42)60(47)9-2;1-4(2)3/h16-17,19,22-25,27-28,37,40,43-44H,8-15,18,20-21,26,29-36,38H2,1-7H3,(H3-,55,56,57,58,62,63,64,65);/p+1/t43-,44-;/m0./s1. The molecule has 16 heteroatoms. The summed E-state index contributed by atoms with van der Waals surface area (Å²) in [6.45, 7) is 20.1. The maximum Gasteiger partial charge on any atom is 0.425 e. The lowest BCUT2D eigenvalue weighted by molar-refractivity contribution is -0.438. The first kappa shape index (κ1) is 55.6. The number of likely N-dealkylation sites (N-methyl/N-ethyl adjacent to an activating group) is 1. The van der Waals surface area contributed by atoms with E-state index in [0.29, 0.717) is 51.6 Å². The minimum absolute atomic E-state index is 0.0661. The quantitative estimate of drug-likeness (QED) is 0.0728. The van der Waals surface area contributed by atoms with Crippen molar-refractivity contribution >= 4 is 51.4 Å². The number of carbonyl (C=O) groups is 4. The van der Waals surface area contributed by atoms with E-state index in [4.69, 9.17) is 17.4 Å². The first-order valence-electron chi connectivity index (χ1n) is 25.8. The van der Waals surface area contributed by atoms with Crippen molar-refractivity contribution in [2.24, 2.45) is 5.92 Å². The van der Waals surface area contributed by atoms with E-state index in [1.807, 2.05) is 0 Å². The second-order valence-electron chi connectivity index (χ2n) is 20.2. The molecule has 0 unspecified atom stereocenters. The number of anilines is 1. The Hall–Kier alpha value is -5.35. The molecule has 4 N–H and O–H groups in total. The van der Waals surface area contributed by atoms with Crippen LogP contribution in [0.25, 0.3) is 0 Å². The maximum atomic E-state index is 14.0. The third-order valence-electron chi connectivity index (χ3n) is 14.4. The van der Waals surface area contributed by atoms with E-state index in [1.54, 1.807) is 4.90 Å². The first-order valence-corrected chi connectivity index (χ1v) is 26.8. The van der Waals surface area contributed by atoms with Gasteiger partial charge in [0, 0.05) is 80.1 Å². The zero-order valence-corrected chi connectivity index (χ0v) is 43.7. The highest BCUT2D eigenvalue weighted by molar-refractivity contribution is 7.59. The summed E-state index contributed by atoms with van der Waals surface area (Å²) in [6.07, 6.45) is 17.8. The van der Waals surface area contributed by atoms with Gasteiger partial charge >= 0.3 is 16.6 Å². The van der Waals surface area contributed by atoms with Gasteiger partial charge in [-0.25, -0.2) is 4.79 Å². The zero-order chi connectivity index (χ0) is 50.8. The Kier molecular flexibility index (Phi) is 21.2. The van der Waals surface area contributed by atoms with E-state index in [1.165, 1.54) is 45.9 Å². The van der Waals surface area contributed by atoms with Crippen LogP contribution in [0.3, 0.4) is 0 Å². The Morgan fingerprint density at radius 3 is 2.24 bits per heavy atom. The highest BCUT2D eigenvalue weighted by Gasteiger charge is 2.44. The maximum absolute atomic E-state index is 14.0. The molecule has 2 aromatic carbocycles. The highest BCUT2D eigenvalue weighted by atomic mass is 32.2. The van der Waals surface area contributed by atoms with Gasteiger partial charge in [0.05, 0.1) is 18.6 Å². The fourth-order valence-electron chi connectivity index (χ4n) is 10.5. The summed E-state index contributed by atoms with van der Waals surface area (Å²) in [5.41, 5.74) is 8.82. The van der Waals surface area contributed by atoms with Crippen molar-refractivity contribution in [2.45, 2.75) is 155 Å². The number of nitrogens with zero attached hydrogens (tertiary/aromatic N) is 3. The average molecular weight is 987 g/mol. The fraction of sp³-hybridized carbons (Fsp3) is 0.611. The molecule has 384 valence electrons. The molecule has 1 saturated heterocycles. The van der Waals surface area contributed by atoms with Crippen LogP contribution in [0.2, 0.25) is 0 Å². The smallest absolute Gasteiger partial charge is 0.378 e. The third-order valence-corrected chi connectivity index (χ3v) is 14.4. The molecular weight excluding hydrogens is 907 g/mol. The highest BCUT2D eigenvalue weighted by Crippen LogP contribution is 2.48. The molecule has 1 saturated carbocycles. The number of ether oxygens (including phenoxy) is 1. The Bertz CT molecular complexity index is 2330. The predicted octanol–water partition coefficient (Wildman–Crippen LogP) is 7.47. The van der Waals surface area contributed by atoms with Gasteiger partial charge in [0.15, 0.2) is 5.71 Å². The van der Waals surface area contributed by atoms with Crippen LogP contribution < -0.4 is 26.2 Å². The van der Waals surface area contributed by atoms with Gasteiger partial charge in [-0.3, -0.25) is 14.4 Å². The van der Waals surface area contributed by atoms with Crippen LogP contribution in [-0.4, -0.2) is 116 Å². The zero-order valence-electron chi connectivity index (χ0n) is 42.9. The Morgan fingerprint density at radius 2 is 1.54 bits per heavy atom. The second-order valence-corrected chi connectivity index (χ2v) is 20.6. The average Bonchev–Trinajstić information content (AvgIpc) is 3.68. The lowest BCUT2D eigenvalue weighted by Crippen LogP contribution is -2.57. The molecule has 2 fully saturated rings. The molecule has 15 nitrogen and oxygen atoms in total. The van der Waals surface area contributed by atoms with Crippen LogP contribution in [-0.2, 0) is 40.6 Å². The molecule has 0 radical (unpaired) electrons. The Labute approximate surface area is 418 Å². The van der Waals surface area contributed by atoms with Gasteiger partial charge in [-0.15, -0.1) is 12.6 Å². The van der Waals surface area contributed by atoms with E-state index in [9.17, 15) is 19.2 Å². The number of carbonyl (C=O) groups excluding carboxylic acids is 4. The molecule has 3 heterocycles. The van der Waals surface area contributed by atoms with Crippen molar-refractivity contribution in [3.63, 3.8) is 0 Å². The molecule has 3 aliphatic heterocycles. The number of morpholine rings is 1. The van der Waals surface area contributed by atoms with Crippen molar-refractivity contribution in [3.05, 3.63) is 83.1 Å². The number of unbranched alkanes of at least 4 members (excludes halogenated alkanes) is 3. The van der Waals surface area contributed by atoms with Crippen LogP contribution in [0.1, 0.15) is 142 Å². The van der Waals surface area contributed by atoms with Gasteiger partial charge < -0.3 is 35.8 Å². The summed E-state index contributed by atoms with van der Waals surface area (Å²) in [5.74, 6) is -0.368. The van der Waals surface area contributed by atoms with E-state index in [2.05, 4.69) is 140 Å². The van der Waals surface area contributed by atoms with Gasteiger partial charge in [-0.05, 0) is 83.4 Å². The number of para-hydroxylation sites is 1. The van der Waals surface area contributed by atoms with Crippen LogP contribution in [0.15, 0.2) is 66.4 Å². The van der Waals surface area contributed by atoms with Crippen molar-refractivity contribution in [1.29, 1.82) is 0 Å². The van der Waals surface area contributed by atoms with Gasteiger partial charge in [-0.1, -0.05) is 101 Å². The van der Waals surface area contributed by atoms with Gasteiger partial charge in [0.25, 0.3) is 0 Å². The van der Waals surface area contributed by atoms with Crippen molar-refractivity contribution in [1.82, 2.24) is 26.2 Å². The summed E-state index contributed by atoms with van der Waals surface area (Å²) in [4.78, 5) is 58.0. The largest absolute Gasteiger partial charge is 0.425 e. The van der Waals surface area contributed by atoms with Gasteiger partial charge in [0.2, 0.25) is 23.4 Å². The van der Waals surface area contributed by atoms with Crippen molar-refractivity contribution in [3.8, 4) is 0 Å². The minimum atomic E-state index is -3.11. The Morgan fingerprint density at radius 1 is 0.829 bits per heavy atom. The molecule has 0 bridgehead atoms. The summed E-state index contributed by atoms with van der Waals surface area (Å²) in [7, 11) is -3.11. The lowest BCUT2D eigenvalue weighted by atomic mass is 9.81. The normalized spacial score (nSPS) is 18.6. The third kappa shape index (κ3) is 15.1. The van der Waals surface area contributed by atoms with E-state index >= 15 is 0 Å². The monoisotopic (exact) mass is 987 g/mol.